The highest BCUT2D eigenvalue weighted by molar-refractivity contribution is 7.90. The van der Waals surface area contributed by atoms with Crippen molar-refractivity contribution in [2.24, 2.45) is 0 Å². The highest BCUT2D eigenvalue weighted by Crippen LogP contribution is 2.24. The third-order valence-electron chi connectivity index (χ3n) is 3.71. The first kappa shape index (κ1) is 19.9. The second kappa shape index (κ2) is 8.82. The maximum absolute atomic E-state index is 11.6. The van der Waals surface area contributed by atoms with E-state index in [0.717, 1.165) is 17.4 Å². The molecule has 0 aliphatic heterocycles. The minimum Gasteiger partial charge on any atom is -0.489 e. The molecule has 2 aromatic rings. The third kappa shape index (κ3) is 5.86. The van der Waals surface area contributed by atoms with Crippen LogP contribution in [0, 0.1) is 0 Å². The van der Waals surface area contributed by atoms with Gasteiger partial charge in [-0.15, -0.1) is 0 Å². The second-order valence-corrected chi connectivity index (χ2v) is 7.83. The van der Waals surface area contributed by atoms with Crippen molar-refractivity contribution in [3.05, 3.63) is 59.7 Å². The summed E-state index contributed by atoms with van der Waals surface area (Å²) in [5.41, 5.74) is 1.51. The van der Waals surface area contributed by atoms with E-state index >= 15 is 0 Å². The van der Waals surface area contributed by atoms with Gasteiger partial charge >= 0.3 is 5.97 Å². The molecule has 0 aromatic heterocycles. The molecule has 0 spiro atoms. The fraction of sp³-hybridized carbons (Fsp3) is 0.316. The molecule has 0 fully saturated rings. The van der Waals surface area contributed by atoms with Gasteiger partial charge in [0.15, 0.2) is 9.84 Å². The van der Waals surface area contributed by atoms with Crippen LogP contribution in [0.15, 0.2) is 53.4 Å². The quantitative estimate of drug-likeness (QED) is 0.720. The first-order valence-corrected chi connectivity index (χ1v) is 10.0. The average molecular weight is 378 g/mol. The smallest absolute Gasteiger partial charge is 0.306 e. The first-order chi connectivity index (χ1) is 12.3. The van der Waals surface area contributed by atoms with Gasteiger partial charge in [-0.05, 0) is 42.3 Å². The zero-order chi connectivity index (χ0) is 19.2. The largest absolute Gasteiger partial charge is 0.489 e. The third-order valence-corrected chi connectivity index (χ3v) is 4.82. The van der Waals surface area contributed by atoms with E-state index < -0.39 is 21.9 Å². The molecule has 0 radical (unpaired) electrons. The molecule has 0 amide bonds. The molecule has 6 nitrogen and oxygen atoms in total. The van der Waals surface area contributed by atoms with E-state index in [9.17, 15) is 13.2 Å². The molecule has 0 saturated carbocycles. The lowest BCUT2D eigenvalue weighted by molar-refractivity contribution is -0.140. The minimum absolute atomic E-state index is 0.105. The summed E-state index contributed by atoms with van der Waals surface area (Å²) in [5, 5.41) is 8.97. The molecule has 0 aliphatic carbocycles. The van der Waals surface area contributed by atoms with Gasteiger partial charge in [0.25, 0.3) is 0 Å². The van der Waals surface area contributed by atoms with Crippen LogP contribution in [-0.4, -0.2) is 32.4 Å². The number of sulfone groups is 1. The Morgan fingerprint density at radius 3 is 2.42 bits per heavy atom. The summed E-state index contributed by atoms with van der Waals surface area (Å²) >= 11 is 0. The van der Waals surface area contributed by atoms with Crippen LogP contribution in [-0.2, 0) is 26.0 Å². The monoisotopic (exact) mass is 378 g/mol. The highest BCUT2D eigenvalue weighted by atomic mass is 32.2. The SMILES string of the molecule is CCOC(CC(=O)O)c1ccc(OCc2cccc(S(C)(=O)=O)c2)cc1. The van der Waals surface area contributed by atoms with Gasteiger partial charge in [0.1, 0.15) is 12.4 Å². The number of ether oxygens (including phenoxy) is 2. The molecule has 26 heavy (non-hydrogen) atoms. The van der Waals surface area contributed by atoms with Crippen LogP contribution >= 0.6 is 0 Å². The zero-order valence-corrected chi connectivity index (χ0v) is 15.5. The standard InChI is InChI=1S/C19H22O6S/c1-3-24-18(12-19(20)21)15-7-9-16(10-8-15)25-13-14-5-4-6-17(11-14)26(2,22)23/h4-11,18H,3,12-13H2,1-2H3,(H,20,21). The Labute approximate surface area is 153 Å². The van der Waals surface area contributed by atoms with E-state index in [0.29, 0.717) is 12.4 Å². The van der Waals surface area contributed by atoms with Crippen molar-refractivity contribution in [1.29, 1.82) is 0 Å². The molecular formula is C19H22O6S. The van der Waals surface area contributed by atoms with E-state index in [1.807, 2.05) is 6.92 Å². The van der Waals surface area contributed by atoms with Crippen LogP contribution in [0.4, 0.5) is 0 Å². The molecule has 1 unspecified atom stereocenters. The Bertz CT molecular complexity index is 843. The summed E-state index contributed by atoms with van der Waals surface area (Å²) < 4.78 is 34.3. The number of hydrogen-bond acceptors (Lipinski definition) is 5. The Morgan fingerprint density at radius 2 is 1.85 bits per heavy atom. The number of carboxylic acid groups (broad SMARTS) is 1. The van der Waals surface area contributed by atoms with Crippen LogP contribution in [0.5, 0.6) is 5.75 Å². The van der Waals surface area contributed by atoms with E-state index in [-0.39, 0.29) is 17.9 Å². The van der Waals surface area contributed by atoms with Crippen LogP contribution < -0.4 is 4.74 Å². The lowest BCUT2D eigenvalue weighted by Gasteiger charge is -2.16. The minimum atomic E-state index is -3.26. The van der Waals surface area contributed by atoms with Crippen LogP contribution in [0.3, 0.4) is 0 Å². The van der Waals surface area contributed by atoms with Gasteiger partial charge < -0.3 is 14.6 Å². The molecule has 0 aliphatic rings. The van der Waals surface area contributed by atoms with Crippen molar-refractivity contribution in [1.82, 2.24) is 0 Å². The predicted molar refractivity (Wildman–Crippen MR) is 96.9 cm³/mol. The van der Waals surface area contributed by atoms with Gasteiger partial charge in [-0.25, -0.2) is 8.42 Å². The van der Waals surface area contributed by atoms with Crippen LogP contribution in [0.1, 0.15) is 30.6 Å². The molecule has 2 aromatic carbocycles. The fourth-order valence-electron chi connectivity index (χ4n) is 2.44. The van der Waals surface area contributed by atoms with Gasteiger partial charge in [-0.2, -0.15) is 0 Å². The molecule has 2 rings (SSSR count). The molecule has 140 valence electrons. The molecule has 7 heteroatoms. The van der Waals surface area contributed by atoms with E-state index in [1.54, 1.807) is 48.5 Å². The second-order valence-electron chi connectivity index (χ2n) is 5.82. The number of aliphatic carboxylic acids is 1. The number of benzene rings is 2. The molecule has 0 bridgehead atoms. The van der Waals surface area contributed by atoms with Gasteiger partial charge in [0.05, 0.1) is 17.4 Å². The summed E-state index contributed by atoms with van der Waals surface area (Å²) in [7, 11) is -3.26. The van der Waals surface area contributed by atoms with E-state index in [2.05, 4.69) is 0 Å². The summed E-state index contributed by atoms with van der Waals surface area (Å²) in [5.74, 6) is -0.321. The van der Waals surface area contributed by atoms with Crippen LogP contribution in [0.2, 0.25) is 0 Å². The highest BCUT2D eigenvalue weighted by Gasteiger charge is 2.15. The Balaban J connectivity index is 2.04. The van der Waals surface area contributed by atoms with Gasteiger partial charge in [0, 0.05) is 12.9 Å². The van der Waals surface area contributed by atoms with Crippen LogP contribution in [0.25, 0.3) is 0 Å². The summed E-state index contributed by atoms with van der Waals surface area (Å²) in [6, 6.07) is 13.6. The first-order valence-electron chi connectivity index (χ1n) is 8.14. The van der Waals surface area contributed by atoms with Crippen molar-refractivity contribution in [3.8, 4) is 5.75 Å². The van der Waals surface area contributed by atoms with E-state index in [4.69, 9.17) is 14.6 Å². The summed E-state index contributed by atoms with van der Waals surface area (Å²) in [4.78, 5) is 11.2. The molecule has 1 atom stereocenters. The van der Waals surface area contributed by atoms with Crippen molar-refractivity contribution in [3.63, 3.8) is 0 Å². The maximum atomic E-state index is 11.6. The van der Waals surface area contributed by atoms with Gasteiger partial charge in [-0.1, -0.05) is 24.3 Å². The molecule has 0 saturated heterocycles. The average Bonchev–Trinajstić information content (AvgIpc) is 2.59. The Hall–Kier alpha value is -2.38. The lowest BCUT2D eigenvalue weighted by atomic mass is 10.1. The Morgan fingerprint density at radius 1 is 1.15 bits per heavy atom. The number of hydrogen-bond donors (Lipinski definition) is 1. The van der Waals surface area contributed by atoms with Crippen molar-refractivity contribution in [2.45, 2.75) is 31.0 Å². The number of carbonyl (C=O) groups is 1. The van der Waals surface area contributed by atoms with Gasteiger partial charge in [-0.3, -0.25) is 4.79 Å². The van der Waals surface area contributed by atoms with E-state index in [1.165, 1.54) is 0 Å². The number of carboxylic acids is 1. The fourth-order valence-corrected chi connectivity index (χ4v) is 3.14. The lowest BCUT2D eigenvalue weighted by Crippen LogP contribution is -2.10. The Kier molecular flexibility index (Phi) is 6.76. The molecule has 0 heterocycles. The summed E-state index contributed by atoms with van der Waals surface area (Å²) in [6.07, 6.45) is 0.558. The van der Waals surface area contributed by atoms with Gasteiger partial charge in [0.2, 0.25) is 0 Å². The topological polar surface area (TPSA) is 89.9 Å². The zero-order valence-electron chi connectivity index (χ0n) is 14.7. The normalized spacial score (nSPS) is 12.5. The molecular weight excluding hydrogens is 356 g/mol. The summed E-state index contributed by atoms with van der Waals surface area (Å²) in [6.45, 7) is 2.47. The molecule has 1 N–H and O–H groups in total. The van der Waals surface area contributed by atoms with Crippen molar-refractivity contribution >= 4 is 15.8 Å². The van der Waals surface area contributed by atoms with Crippen molar-refractivity contribution < 1.29 is 27.8 Å². The predicted octanol–water partition coefficient (Wildman–Crippen LogP) is 3.22. The van der Waals surface area contributed by atoms with Crippen molar-refractivity contribution in [2.75, 3.05) is 12.9 Å². The maximum Gasteiger partial charge on any atom is 0.306 e. The number of rotatable bonds is 9.